The van der Waals surface area contributed by atoms with Gasteiger partial charge in [-0.05, 0) is 12.0 Å². The Morgan fingerprint density at radius 3 is 2.38 bits per heavy atom. The van der Waals surface area contributed by atoms with Crippen molar-refractivity contribution in [3.8, 4) is 0 Å². The van der Waals surface area contributed by atoms with Crippen LogP contribution in [0.3, 0.4) is 0 Å². The standard InChI is InChI=1S/C11H16N2O2.ClH/c1-2-3-4-11(12)9-5-7-10(8-6-9)13(14)15;/h5-8,11H,2-4,12H2,1H3;1H/t11-;/m1./s1. The third-order valence-corrected chi connectivity index (χ3v) is 2.40. The number of rotatable bonds is 5. The SMILES string of the molecule is CCCC[C@@H](N)c1ccc([N+](=O)[O-])cc1.Cl. The molecule has 2 N–H and O–H groups in total. The Labute approximate surface area is 101 Å². The molecule has 0 saturated heterocycles. The van der Waals surface area contributed by atoms with Crippen molar-refractivity contribution in [2.45, 2.75) is 32.2 Å². The molecule has 0 fully saturated rings. The number of unbranched alkanes of at least 4 members (excludes halogenated alkanes) is 1. The summed E-state index contributed by atoms with van der Waals surface area (Å²) < 4.78 is 0. The molecule has 4 nitrogen and oxygen atoms in total. The summed E-state index contributed by atoms with van der Waals surface area (Å²) >= 11 is 0. The van der Waals surface area contributed by atoms with E-state index >= 15 is 0 Å². The number of hydrogen-bond donors (Lipinski definition) is 1. The molecular formula is C11H17ClN2O2. The number of nitro groups is 1. The van der Waals surface area contributed by atoms with Crippen LogP contribution in [0.2, 0.25) is 0 Å². The zero-order valence-electron chi connectivity index (χ0n) is 9.26. The zero-order chi connectivity index (χ0) is 11.3. The molecule has 0 aliphatic carbocycles. The van der Waals surface area contributed by atoms with E-state index in [0.29, 0.717) is 0 Å². The molecule has 1 atom stereocenters. The van der Waals surface area contributed by atoms with Crippen LogP contribution in [-0.4, -0.2) is 4.92 Å². The summed E-state index contributed by atoms with van der Waals surface area (Å²) in [5, 5.41) is 10.4. The van der Waals surface area contributed by atoms with Gasteiger partial charge in [-0.2, -0.15) is 0 Å². The second-order valence-corrected chi connectivity index (χ2v) is 3.60. The van der Waals surface area contributed by atoms with Crippen LogP contribution in [0.1, 0.15) is 37.8 Å². The van der Waals surface area contributed by atoms with Gasteiger partial charge < -0.3 is 5.73 Å². The average Bonchev–Trinajstić information content (AvgIpc) is 2.26. The van der Waals surface area contributed by atoms with Gasteiger partial charge >= 0.3 is 0 Å². The van der Waals surface area contributed by atoms with Gasteiger partial charge in [0.2, 0.25) is 0 Å². The van der Waals surface area contributed by atoms with Crippen molar-refractivity contribution in [2.24, 2.45) is 5.73 Å². The van der Waals surface area contributed by atoms with E-state index < -0.39 is 4.92 Å². The third-order valence-electron chi connectivity index (χ3n) is 2.40. The van der Waals surface area contributed by atoms with E-state index in [-0.39, 0.29) is 24.1 Å². The van der Waals surface area contributed by atoms with Gasteiger partial charge in [0.15, 0.2) is 0 Å². The number of nitro benzene ring substituents is 1. The van der Waals surface area contributed by atoms with Crippen LogP contribution >= 0.6 is 12.4 Å². The molecule has 1 aromatic rings. The van der Waals surface area contributed by atoms with Crippen LogP contribution in [-0.2, 0) is 0 Å². The van der Waals surface area contributed by atoms with Crippen molar-refractivity contribution in [2.75, 3.05) is 0 Å². The van der Waals surface area contributed by atoms with Crippen molar-refractivity contribution in [3.63, 3.8) is 0 Å². The van der Waals surface area contributed by atoms with Gasteiger partial charge in [-0.3, -0.25) is 10.1 Å². The van der Waals surface area contributed by atoms with Crippen LogP contribution in [0.25, 0.3) is 0 Å². The number of nitrogens with two attached hydrogens (primary N) is 1. The molecule has 0 heterocycles. The lowest BCUT2D eigenvalue weighted by molar-refractivity contribution is -0.384. The number of nitrogens with zero attached hydrogens (tertiary/aromatic N) is 1. The smallest absolute Gasteiger partial charge is 0.269 e. The van der Waals surface area contributed by atoms with Crippen LogP contribution < -0.4 is 5.73 Å². The molecule has 1 aromatic carbocycles. The van der Waals surface area contributed by atoms with Gasteiger partial charge in [0.25, 0.3) is 5.69 Å². The van der Waals surface area contributed by atoms with E-state index in [1.807, 2.05) is 0 Å². The van der Waals surface area contributed by atoms with Crippen molar-refractivity contribution in [1.29, 1.82) is 0 Å². The Kier molecular flexibility index (Phi) is 6.69. The quantitative estimate of drug-likeness (QED) is 0.639. The first kappa shape index (κ1) is 14.9. The second kappa shape index (κ2) is 7.19. The van der Waals surface area contributed by atoms with Crippen molar-refractivity contribution < 1.29 is 4.92 Å². The normalized spacial score (nSPS) is 11.6. The maximum atomic E-state index is 10.4. The van der Waals surface area contributed by atoms with Crippen LogP contribution in [0, 0.1) is 10.1 Å². The van der Waals surface area contributed by atoms with Gasteiger partial charge in [0, 0.05) is 18.2 Å². The Hall–Kier alpha value is -1.13. The largest absolute Gasteiger partial charge is 0.324 e. The molecule has 90 valence electrons. The fraction of sp³-hybridized carbons (Fsp3) is 0.455. The van der Waals surface area contributed by atoms with E-state index in [1.165, 1.54) is 12.1 Å². The number of benzene rings is 1. The second-order valence-electron chi connectivity index (χ2n) is 3.60. The van der Waals surface area contributed by atoms with Crippen LogP contribution in [0.5, 0.6) is 0 Å². The first-order chi connectivity index (χ1) is 7.15. The lowest BCUT2D eigenvalue weighted by Crippen LogP contribution is -2.09. The molecule has 0 aliphatic rings. The fourth-order valence-corrected chi connectivity index (χ4v) is 1.43. The van der Waals surface area contributed by atoms with E-state index in [1.54, 1.807) is 12.1 Å². The molecule has 0 bridgehead atoms. The summed E-state index contributed by atoms with van der Waals surface area (Å²) in [4.78, 5) is 10.0. The van der Waals surface area contributed by atoms with E-state index in [0.717, 1.165) is 24.8 Å². The predicted octanol–water partition coefficient (Wildman–Crippen LogP) is 3.21. The highest BCUT2D eigenvalue weighted by molar-refractivity contribution is 5.85. The molecule has 0 aromatic heterocycles. The summed E-state index contributed by atoms with van der Waals surface area (Å²) in [6.45, 7) is 2.11. The van der Waals surface area contributed by atoms with Gasteiger partial charge in [-0.15, -0.1) is 12.4 Å². The van der Waals surface area contributed by atoms with Crippen molar-refractivity contribution in [1.82, 2.24) is 0 Å². The molecule has 0 saturated carbocycles. The predicted molar refractivity (Wildman–Crippen MR) is 66.8 cm³/mol. The Bertz CT molecular complexity index is 327. The average molecular weight is 245 g/mol. The van der Waals surface area contributed by atoms with Crippen LogP contribution in [0.15, 0.2) is 24.3 Å². The zero-order valence-corrected chi connectivity index (χ0v) is 10.1. The number of hydrogen-bond acceptors (Lipinski definition) is 3. The molecule has 0 aliphatic heterocycles. The lowest BCUT2D eigenvalue weighted by atomic mass is 10.0. The summed E-state index contributed by atoms with van der Waals surface area (Å²) in [5.41, 5.74) is 7.02. The van der Waals surface area contributed by atoms with Crippen molar-refractivity contribution >= 4 is 18.1 Å². The molecule has 0 unspecified atom stereocenters. The maximum absolute atomic E-state index is 10.4. The number of halogens is 1. The minimum atomic E-state index is -0.401. The highest BCUT2D eigenvalue weighted by atomic mass is 35.5. The maximum Gasteiger partial charge on any atom is 0.269 e. The highest BCUT2D eigenvalue weighted by Crippen LogP contribution is 2.19. The van der Waals surface area contributed by atoms with Crippen LogP contribution in [0.4, 0.5) is 5.69 Å². The topological polar surface area (TPSA) is 69.2 Å². The summed E-state index contributed by atoms with van der Waals surface area (Å²) in [6.07, 6.45) is 3.12. The molecule has 0 spiro atoms. The summed E-state index contributed by atoms with van der Waals surface area (Å²) in [6, 6.07) is 6.46. The summed E-state index contributed by atoms with van der Waals surface area (Å²) in [7, 11) is 0. The Balaban J connectivity index is 0.00000225. The Morgan fingerprint density at radius 1 is 1.38 bits per heavy atom. The highest BCUT2D eigenvalue weighted by Gasteiger charge is 2.08. The minimum absolute atomic E-state index is 0. The van der Waals surface area contributed by atoms with Gasteiger partial charge in [-0.25, -0.2) is 0 Å². The first-order valence-corrected chi connectivity index (χ1v) is 5.15. The van der Waals surface area contributed by atoms with E-state index in [2.05, 4.69) is 6.92 Å². The monoisotopic (exact) mass is 244 g/mol. The Morgan fingerprint density at radius 2 is 1.94 bits per heavy atom. The van der Waals surface area contributed by atoms with Gasteiger partial charge in [0.1, 0.15) is 0 Å². The lowest BCUT2D eigenvalue weighted by Gasteiger charge is -2.10. The molecular weight excluding hydrogens is 228 g/mol. The summed E-state index contributed by atoms with van der Waals surface area (Å²) in [5.74, 6) is 0. The van der Waals surface area contributed by atoms with Gasteiger partial charge in [-0.1, -0.05) is 31.9 Å². The minimum Gasteiger partial charge on any atom is -0.324 e. The van der Waals surface area contributed by atoms with E-state index in [4.69, 9.17) is 5.73 Å². The molecule has 5 heteroatoms. The molecule has 1 rings (SSSR count). The van der Waals surface area contributed by atoms with Crippen molar-refractivity contribution in [3.05, 3.63) is 39.9 Å². The van der Waals surface area contributed by atoms with Gasteiger partial charge in [0.05, 0.1) is 4.92 Å². The third kappa shape index (κ3) is 4.16. The van der Waals surface area contributed by atoms with E-state index in [9.17, 15) is 10.1 Å². The molecule has 0 amide bonds. The first-order valence-electron chi connectivity index (χ1n) is 5.15. The molecule has 0 radical (unpaired) electrons. The fourth-order valence-electron chi connectivity index (χ4n) is 1.43. The molecule has 16 heavy (non-hydrogen) atoms. The number of non-ortho nitro benzene ring substituents is 1.